The van der Waals surface area contributed by atoms with Gasteiger partial charge < -0.3 is 10.1 Å². The first-order valence-corrected chi connectivity index (χ1v) is 7.97. The zero-order valence-corrected chi connectivity index (χ0v) is 13.9. The van der Waals surface area contributed by atoms with Crippen LogP contribution in [0, 0.1) is 5.41 Å². The lowest BCUT2D eigenvalue weighted by molar-refractivity contribution is 0.150. The molecule has 0 radical (unpaired) electrons. The summed E-state index contributed by atoms with van der Waals surface area (Å²) >= 11 is 12.7. The van der Waals surface area contributed by atoms with Gasteiger partial charge in [-0.05, 0) is 36.9 Å². The molecule has 1 aliphatic rings. The molecule has 0 spiro atoms. The van der Waals surface area contributed by atoms with E-state index in [1.54, 1.807) is 7.11 Å². The SMILES string of the molecule is CNC(c1cc(Cl)c(OC)cc1Cl)C1(C)CCCCC1. The summed E-state index contributed by atoms with van der Waals surface area (Å²) in [5, 5.41) is 4.79. The standard InChI is InChI=1S/C16H23Cl2NO/c1-16(7-5-4-6-8-16)15(19-2)11-9-13(18)14(20-3)10-12(11)17/h9-10,15,19H,4-8H2,1-3H3. The Hall–Kier alpha value is -0.440. The Labute approximate surface area is 131 Å². The van der Waals surface area contributed by atoms with Gasteiger partial charge in [0.25, 0.3) is 0 Å². The van der Waals surface area contributed by atoms with Crippen LogP contribution in [0.4, 0.5) is 0 Å². The monoisotopic (exact) mass is 315 g/mol. The van der Waals surface area contributed by atoms with Crippen LogP contribution >= 0.6 is 23.2 Å². The summed E-state index contributed by atoms with van der Waals surface area (Å²) in [6, 6.07) is 3.98. The van der Waals surface area contributed by atoms with Crippen LogP contribution in [0.1, 0.15) is 50.6 Å². The number of hydrogen-bond acceptors (Lipinski definition) is 2. The first-order chi connectivity index (χ1) is 9.51. The molecule has 112 valence electrons. The molecule has 1 aromatic rings. The number of ether oxygens (including phenoxy) is 1. The van der Waals surface area contributed by atoms with E-state index in [4.69, 9.17) is 27.9 Å². The van der Waals surface area contributed by atoms with Gasteiger partial charge in [0.15, 0.2) is 0 Å². The van der Waals surface area contributed by atoms with E-state index in [0.717, 1.165) is 10.6 Å². The maximum atomic E-state index is 6.46. The molecule has 0 aromatic heterocycles. The summed E-state index contributed by atoms with van der Waals surface area (Å²) in [4.78, 5) is 0. The lowest BCUT2D eigenvalue weighted by Crippen LogP contribution is -2.36. The lowest BCUT2D eigenvalue weighted by atomic mass is 9.68. The quantitative estimate of drug-likeness (QED) is 0.821. The Balaban J connectivity index is 2.38. The van der Waals surface area contributed by atoms with Gasteiger partial charge in [0.2, 0.25) is 0 Å². The molecule has 0 aliphatic heterocycles. The Morgan fingerprint density at radius 2 is 1.80 bits per heavy atom. The highest BCUT2D eigenvalue weighted by Crippen LogP contribution is 2.48. The number of methoxy groups -OCH3 is 1. The minimum atomic E-state index is 0.221. The van der Waals surface area contributed by atoms with Crippen molar-refractivity contribution in [3.8, 4) is 5.75 Å². The Morgan fingerprint density at radius 3 is 2.35 bits per heavy atom. The zero-order valence-electron chi connectivity index (χ0n) is 12.4. The van der Waals surface area contributed by atoms with Gasteiger partial charge in [-0.3, -0.25) is 0 Å². The van der Waals surface area contributed by atoms with E-state index in [1.165, 1.54) is 32.1 Å². The highest BCUT2D eigenvalue weighted by Gasteiger charge is 2.36. The number of rotatable bonds is 4. The van der Waals surface area contributed by atoms with Crippen molar-refractivity contribution in [2.24, 2.45) is 5.41 Å². The van der Waals surface area contributed by atoms with E-state index in [9.17, 15) is 0 Å². The van der Waals surface area contributed by atoms with Gasteiger partial charge in [0.1, 0.15) is 5.75 Å². The van der Waals surface area contributed by atoms with Crippen LogP contribution < -0.4 is 10.1 Å². The number of benzene rings is 1. The average molecular weight is 316 g/mol. The van der Waals surface area contributed by atoms with Crippen molar-refractivity contribution in [1.82, 2.24) is 5.32 Å². The van der Waals surface area contributed by atoms with Gasteiger partial charge in [-0.25, -0.2) is 0 Å². The van der Waals surface area contributed by atoms with Crippen molar-refractivity contribution in [1.29, 1.82) is 0 Å². The fourth-order valence-corrected chi connectivity index (χ4v) is 3.96. The predicted molar refractivity (Wildman–Crippen MR) is 86.0 cm³/mol. The van der Waals surface area contributed by atoms with E-state index in [1.807, 2.05) is 19.2 Å². The van der Waals surface area contributed by atoms with Gasteiger partial charge in [-0.15, -0.1) is 0 Å². The van der Waals surface area contributed by atoms with Crippen LogP contribution in [0.3, 0.4) is 0 Å². The van der Waals surface area contributed by atoms with Crippen molar-refractivity contribution in [3.05, 3.63) is 27.7 Å². The average Bonchev–Trinajstić information content (AvgIpc) is 2.43. The van der Waals surface area contributed by atoms with Crippen molar-refractivity contribution in [2.45, 2.75) is 45.1 Å². The third kappa shape index (κ3) is 3.08. The van der Waals surface area contributed by atoms with Crippen LogP contribution in [-0.4, -0.2) is 14.2 Å². The van der Waals surface area contributed by atoms with Gasteiger partial charge in [-0.2, -0.15) is 0 Å². The molecule has 1 fully saturated rings. The third-order valence-corrected chi connectivity index (χ3v) is 5.19. The Morgan fingerprint density at radius 1 is 1.15 bits per heavy atom. The summed E-state index contributed by atoms with van der Waals surface area (Å²) in [7, 11) is 3.61. The summed E-state index contributed by atoms with van der Waals surface area (Å²) in [5.41, 5.74) is 1.30. The molecule has 0 saturated heterocycles. The summed E-state index contributed by atoms with van der Waals surface area (Å²) in [6.45, 7) is 2.35. The van der Waals surface area contributed by atoms with E-state index in [2.05, 4.69) is 12.2 Å². The van der Waals surface area contributed by atoms with Crippen LogP contribution in [0.2, 0.25) is 10.0 Å². The fraction of sp³-hybridized carbons (Fsp3) is 0.625. The molecular formula is C16H23Cl2NO. The minimum Gasteiger partial charge on any atom is -0.495 e. The molecule has 0 bridgehead atoms. The van der Waals surface area contributed by atoms with E-state index < -0.39 is 0 Å². The first-order valence-electron chi connectivity index (χ1n) is 7.22. The van der Waals surface area contributed by atoms with Crippen molar-refractivity contribution in [3.63, 3.8) is 0 Å². The zero-order chi connectivity index (χ0) is 14.8. The second kappa shape index (κ2) is 6.55. The molecule has 1 saturated carbocycles. The Kier molecular flexibility index (Phi) is 5.22. The van der Waals surface area contributed by atoms with Gasteiger partial charge in [0.05, 0.1) is 12.1 Å². The van der Waals surface area contributed by atoms with E-state index in [0.29, 0.717) is 10.8 Å². The molecule has 1 atom stereocenters. The smallest absolute Gasteiger partial charge is 0.138 e. The highest BCUT2D eigenvalue weighted by atomic mass is 35.5. The second-order valence-electron chi connectivity index (χ2n) is 5.94. The number of halogens is 2. The molecular weight excluding hydrogens is 293 g/mol. The number of hydrogen-bond donors (Lipinski definition) is 1. The van der Waals surface area contributed by atoms with E-state index in [-0.39, 0.29) is 11.5 Å². The molecule has 1 aromatic carbocycles. The van der Waals surface area contributed by atoms with Crippen molar-refractivity contribution in [2.75, 3.05) is 14.2 Å². The molecule has 20 heavy (non-hydrogen) atoms. The highest BCUT2D eigenvalue weighted by molar-refractivity contribution is 6.34. The lowest BCUT2D eigenvalue weighted by Gasteiger charge is -2.41. The molecule has 2 rings (SSSR count). The molecule has 1 unspecified atom stereocenters. The summed E-state index contributed by atoms with van der Waals surface area (Å²) in [5.74, 6) is 0.629. The molecule has 0 amide bonds. The molecule has 4 heteroatoms. The van der Waals surface area contributed by atoms with Crippen LogP contribution in [0.25, 0.3) is 0 Å². The predicted octanol–water partition coefficient (Wildman–Crippen LogP) is 5.23. The summed E-state index contributed by atoms with van der Waals surface area (Å²) < 4.78 is 5.23. The van der Waals surface area contributed by atoms with Gasteiger partial charge in [0, 0.05) is 17.1 Å². The van der Waals surface area contributed by atoms with Gasteiger partial charge >= 0.3 is 0 Å². The van der Waals surface area contributed by atoms with Crippen LogP contribution in [-0.2, 0) is 0 Å². The maximum Gasteiger partial charge on any atom is 0.138 e. The topological polar surface area (TPSA) is 21.3 Å². The molecule has 0 heterocycles. The van der Waals surface area contributed by atoms with Crippen molar-refractivity contribution >= 4 is 23.2 Å². The largest absolute Gasteiger partial charge is 0.495 e. The van der Waals surface area contributed by atoms with Crippen molar-refractivity contribution < 1.29 is 4.74 Å². The summed E-state index contributed by atoms with van der Waals surface area (Å²) in [6.07, 6.45) is 6.35. The fourth-order valence-electron chi connectivity index (χ4n) is 3.45. The van der Waals surface area contributed by atoms with Crippen LogP contribution in [0.5, 0.6) is 5.75 Å². The second-order valence-corrected chi connectivity index (χ2v) is 6.76. The third-order valence-electron chi connectivity index (χ3n) is 4.56. The molecule has 2 nitrogen and oxygen atoms in total. The molecule has 1 N–H and O–H groups in total. The first kappa shape index (κ1) is 15.9. The van der Waals surface area contributed by atoms with E-state index >= 15 is 0 Å². The maximum absolute atomic E-state index is 6.46. The van der Waals surface area contributed by atoms with Crippen LogP contribution in [0.15, 0.2) is 12.1 Å². The Bertz CT molecular complexity index is 470. The van der Waals surface area contributed by atoms with Gasteiger partial charge in [-0.1, -0.05) is 49.4 Å². The number of nitrogens with one attached hydrogen (secondary N) is 1. The minimum absolute atomic E-state index is 0.221. The molecule has 1 aliphatic carbocycles. The normalized spacial score (nSPS) is 19.6.